The highest BCUT2D eigenvalue weighted by Crippen LogP contribution is 2.53. The molecule has 0 radical (unpaired) electrons. The van der Waals surface area contributed by atoms with Crippen molar-refractivity contribution in [1.82, 2.24) is 14.8 Å². The maximum absolute atomic E-state index is 13.5. The normalized spacial score (nSPS) is 18.8. The van der Waals surface area contributed by atoms with Crippen LogP contribution >= 0.6 is 35.0 Å². The maximum atomic E-state index is 13.5. The third-order valence-corrected chi connectivity index (χ3v) is 10.6. The number of carbonyl (C=O) groups excluding carboxylic acids is 1. The van der Waals surface area contributed by atoms with Crippen molar-refractivity contribution in [3.05, 3.63) is 87.0 Å². The topological polar surface area (TPSA) is 48.5 Å². The highest BCUT2D eigenvalue weighted by Gasteiger charge is 2.41. The number of hydrogen-bond donors (Lipinski definition) is 1. The number of nitrogens with one attached hydrogen (secondary N) is 1. The Morgan fingerprint density at radius 3 is 2.68 bits per heavy atom. The first-order chi connectivity index (χ1) is 18.5. The molecule has 8 heteroatoms. The number of aromatic nitrogens is 1. The van der Waals surface area contributed by atoms with Gasteiger partial charge in [0.05, 0.1) is 10.0 Å². The highest BCUT2D eigenvalue weighted by atomic mass is 35.5. The van der Waals surface area contributed by atoms with E-state index in [1.54, 1.807) is 23.9 Å². The fourth-order valence-electron chi connectivity index (χ4n) is 6.12. The van der Waals surface area contributed by atoms with Gasteiger partial charge in [0.15, 0.2) is 0 Å². The molecule has 1 fully saturated rings. The first kappa shape index (κ1) is 26.0. The van der Waals surface area contributed by atoms with Crippen molar-refractivity contribution >= 4 is 52.4 Å². The summed E-state index contributed by atoms with van der Waals surface area (Å²) in [5.74, 6) is 1.97. The van der Waals surface area contributed by atoms with E-state index in [1.165, 1.54) is 18.4 Å². The molecule has 5 nitrogen and oxygen atoms in total. The molecule has 0 atom stereocenters. The minimum Gasteiger partial charge on any atom is -0.340 e. The van der Waals surface area contributed by atoms with Gasteiger partial charge in [0.25, 0.3) is 5.91 Å². The van der Waals surface area contributed by atoms with E-state index < -0.39 is 0 Å². The number of pyridine rings is 1. The van der Waals surface area contributed by atoms with Crippen molar-refractivity contribution in [2.24, 2.45) is 0 Å². The predicted octanol–water partition coefficient (Wildman–Crippen LogP) is 7.15. The average Bonchev–Trinajstić information content (AvgIpc) is 3.20. The number of fused-ring (bicyclic) bond motifs is 3. The van der Waals surface area contributed by atoms with Crippen LogP contribution in [-0.4, -0.2) is 53.4 Å². The van der Waals surface area contributed by atoms with E-state index in [-0.39, 0.29) is 5.91 Å². The lowest BCUT2D eigenvalue weighted by molar-refractivity contribution is 0.0750. The molecule has 1 amide bonds. The SMILES string of the molecule is O=C1c2ccnc(Nc3ccc(Cl)c(Cl)c3)c2CCCN1CCCN1CCC2(CC1)SCc1ccccc12. The molecule has 1 aromatic heterocycles. The van der Waals surface area contributed by atoms with Crippen LogP contribution in [0.15, 0.2) is 54.7 Å². The van der Waals surface area contributed by atoms with Crippen LogP contribution in [0.1, 0.15) is 52.7 Å². The third kappa shape index (κ3) is 5.16. The Kier molecular flexibility index (Phi) is 7.59. The van der Waals surface area contributed by atoms with Gasteiger partial charge < -0.3 is 15.1 Å². The van der Waals surface area contributed by atoms with E-state index in [1.807, 2.05) is 17.0 Å². The smallest absolute Gasteiger partial charge is 0.254 e. The summed E-state index contributed by atoms with van der Waals surface area (Å²) in [6, 6.07) is 16.3. The number of thioether (sulfide) groups is 1. The van der Waals surface area contributed by atoms with Crippen LogP contribution in [0.4, 0.5) is 11.5 Å². The molecular formula is C30H32Cl2N4OS. The molecule has 6 rings (SSSR count). The van der Waals surface area contributed by atoms with Crippen molar-refractivity contribution in [3.63, 3.8) is 0 Å². The summed E-state index contributed by atoms with van der Waals surface area (Å²) in [5, 5.41) is 4.33. The monoisotopic (exact) mass is 566 g/mol. The molecule has 3 aromatic rings. The zero-order valence-corrected chi connectivity index (χ0v) is 23.7. The third-order valence-electron chi connectivity index (χ3n) is 8.19. The Balaban J connectivity index is 1.05. The lowest BCUT2D eigenvalue weighted by Crippen LogP contribution is -2.41. The average molecular weight is 568 g/mol. The molecule has 198 valence electrons. The number of piperidine rings is 1. The maximum Gasteiger partial charge on any atom is 0.254 e. The number of carbonyl (C=O) groups is 1. The number of nitrogens with zero attached hydrogens (tertiary/aromatic N) is 3. The van der Waals surface area contributed by atoms with Gasteiger partial charge in [0.1, 0.15) is 5.82 Å². The lowest BCUT2D eigenvalue weighted by atomic mass is 9.86. The minimum absolute atomic E-state index is 0.105. The first-order valence-electron chi connectivity index (χ1n) is 13.5. The van der Waals surface area contributed by atoms with Gasteiger partial charge in [-0.25, -0.2) is 4.98 Å². The number of amides is 1. The standard InChI is InChI=1S/C30H32Cl2N4OS/c31-26-9-8-22(19-27(26)32)34-28-23-6-3-15-36(29(37)24(23)10-13-33-28)16-4-14-35-17-11-30(12-18-35)25-7-2-1-5-21(25)20-38-30/h1-2,5,7-10,13,19H,3-4,6,11-12,14-18,20H2,(H,33,34). The number of anilines is 2. The summed E-state index contributed by atoms with van der Waals surface area (Å²) in [6.07, 6.45) is 6.87. The molecule has 0 aliphatic carbocycles. The van der Waals surface area contributed by atoms with Gasteiger partial charge in [-0.3, -0.25) is 4.79 Å². The van der Waals surface area contributed by atoms with Crippen LogP contribution in [0, 0.1) is 0 Å². The van der Waals surface area contributed by atoms with Crippen molar-refractivity contribution < 1.29 is 4.79 Å². The fourth-order valence-corrected chi connectivity index (χ4v) is 7.92. The van der Waals surface area contributed by atoms with E-state index >= 15 is 0 Å². The van der Waals surface area contributed by atoms with Gasteiger partial charge >= 0.3 is 0 Å². The largest absolute Gasteiger partial charge is 0.340 e. The molecule has 38 heavy (non-hydrogen) atoms. The minimum atomic E-state index is 0.105. The fraction of sp³-hybridized carbons (Fsp3) is 0.400. The van der Waals surface area contributed by atoms with Gasteiger partial charge in [-0.05, 0) is 87.1 Å². The van der Waals surface area contributed by atoms with E-state index in [2.05, 4.69) is 51.2 Å². The molecule has 1 spiro atoms. The molecule has 3 aliphatic heterocycles. The first-order valence-corrected chi connectivity index (χ1v) is 15.2. The van der Waals surface area contributed by atoms with E-state index in [4.69, 9.17) is 23.2 Å². The number of halogens is 2. The second kappa shape index (κ2) is 11.1. The molecular weight excluding hydrogens is 535 g/mol. The zero-order chi connectivity index (χ0) is 26.1. The molecule has 0 saturated carbocycles. The lowest BCUT2D eigenvalue weighted by Gasteiger charge is -2.39. The predicted molar refractivity (Wildman–Crippen MR) is 158 cm³/mol. The highest BCUT2D eigenvalue weighted by molar-refractivity contribution is 7.99. The van der Waals surface area contributed by atoms with Gasteiger partial charge in [-0.2, -0.15) is 0 Å². The van der Waals surface area contributed by atoms with Crippen LogP contribution in [0.25, 0.3) is 0 Å². The summed E-state index contributed by atoms with van der Waals surface area (Å²) >= 11 is 14.4. The van der Waals surface area contributed by atoms with Gasteiger partial charge in [0.2, 0.25) is 0 Å². The number of hydrogen-bond acceptors (Lipinski definition) is 5. The molecule has 4 heterocycles. The Morgan fingerprint density at radius 2 is 1.84 bits per heavy atom. The number of benzene rings is 2. The summed E-state index contributed by atoms with van der Waals surface area (Å²) in [4.78, 5) is 22.7. The van der Waals surface area contributed by atoms with Crippen LogP contribution in [0.2, 0.25) is 10.0 Å². The van der Waals surface area contributed by atoms with E-state index in [9.17, 15) is 4.79 Å². The molecule has 3 aliphatic rings. The number of likely N-dealkylation sites (tertiary alicyclic amines) is 1. The summed E-state index contributed by atoms with van der Waals surface area (Å²) < 4.78 is 0.314. The zero-order valence-electron chi connectivity index (χ0n) is 21.4. The number of rotatable bonds is 6. The Hall–Kier alpha value is -2.25. The molecule has 1 N–H and O–H groups in total. The Bertz CT molecular complexity index is 1340. The van der Waals surface area contributed by atoms with Crippen molar-refractivity contribution in [3.8, 4) is 0 Å². The van der Waals surface area contributed by atoms with Crippen LogP contribution in [0.5, 0.6) is 0 Å². The summed E-state index contributed by atoms with van der Waals surface area (Å²) in [7, 11) is 0. The molecule has 0 bridgehead atoms. The van der Waals surface area contributed by atoms with Crippen molar-refractivity contribution in [2.75, 3.05) is 38.0 Å². The van der Waals surface area contributed by atoms with Crippen LogP contribution in [-0.2, 0) is 16.9 Å². The van der Waals surface area contributed by atoms with E-state index in [0.717, 1.165) is 74.6 Å². The van der Waals surface area contributed by atoms with Gasteiger partial charge in [-0.1, -0.05) is 47.5 Å². The molecule has 0 unspecified atom stereocenters. The van der Waals surface area contributed by atoms with Crippen molar-refractivity contribution in [2.45, 2.75) is 42.6 Å². The quantitative estimate of drug-likeness (QED) is 0.343. The van der Waals surface area contributed by atoms with Gasteiger partial charge in [-0.15, -0.1) is 11.8 Å². The van der Waals surface area contributed by atoms with Crippen molar-refractivity contribution in [1.29, 1.82) is 0 Å². The second-order valence-corrected chi connectivity index (χ2v) is 12.6. The van der Waals surface area contributed by atoms with Gasteiger partial charge in [0, 0.05) is 46.6 Å². The molecule has 1 saturated heterocycles. The Morgan fingerprint density at radius 1 is 1.00 bits per heavy atom. The second-order valence-electron chi connectivity index (χ2n) is 10.5. The Labute approximate surface area is 238 Å². The van der Waals surface area contributed by atoms with Crippen LogP contribution in [0.3, 0.4) is 0 Å². The summed E-state index contributed by atoms with van der Waals surface area (Å²) in [5.41, 5.74) is 5.62. The summed E-state index contributed by atoms with van der Waals surface area (Å²) in [6.45, 7) is 4.87. The van der Waals surface area contributed by atoms with Crippen LogP contribution < -0.4 is 5.32 Å². The molecule has 2 aromatic carbocycles. The van der Waals surface area contributed by atoms with E-state index in [0.29, 0.717) is 20.6 Å².